The average molecular weight is 456 g/mol. The highest BCUT2D eigenvalue weighted by Crippen LogP contribution is 2.25. The van der Waals surface area contributed by atoms with E-state index in [1.807, 2.05) is 25.1 Å². The molecule has 0 bridgehead atoms. The molecule has 0 unspecified atom stereocenters. The third kappa shape index (κ3) is 7.32. The van der Waals surface area contributed by atoms with Crippen molar-refractivity contribution in [1.82, 2.24) is 15.6 Å². The van der Waals surface area contributed by atoms with E-state index in [9.17, 15) is 14.0 Å². The second-order valence-electron chi connectivity index (χ2n) is 9.00. The van der Waals surface area contributed by atoms with Gasteiger partial charge in [-0.1, -0.05) is 31.2 Å². The first-order valence-electron chi connectivity index (χ1n) is 10.8. The Labute approximate surface area is 192 Å². The number of hydrogen-bond acceptors (Lipinski definition) is 4. The van der Waals surface area contributed by atoms with Gasteiger partial charge in [0.15, 0.2) is 0 Å². The van der Waals surface area contributed by atoms with E-state index < -0.39 is 11.7 Å². The van der Waals surface area contributed by atoms with Crippen molar-refractivity contribution in [2.45, 2.75) is 33.3 Å². The molecule has 0 spiro atoms. The number of halogens is 1. The first-order valence-corrected chi connectivity index (χ1v) is 10.8. The maximum atomic E-state index is 13.2. The predicted molar refractivity (Wildman–Crippen MR) is 125 cm³/mol. The summed E-state index contributed by atoms with van der Waals surface area (Å²) in [4.78, 5) is 27.3. The molecule has 33 heavy (non-hydrogen) atoms. The summed E-state index contributed by atoms with van der Waals surface area (Å²) in [7, 11) is 0. The minimum Gasteiger partial charge on any atom is -0.444 e. The molecule has 1 atom stereocenters. The summed E-state index contributed by atoms with van der Waals surface area (Å²) in [5.41, 5.74) is 2.55. The monoisotopic (exact) mass is 455 g/mol. The molecule has 8 heteroatoms. The fourth-order valence-electron chi connectivity index (χ4n) is 3.18. The lowest BCUT2D eigenvalue weighted by Gasteiger charge is -2.20. The number of fused-ring (bicyclic) bond motifs is 1. The fourth-order valence-corrected chi connectivity index (χ4v) is 3.18. The number of alkyl carbamates (subject to hydrolysis) is 1. The number of H-pyrrole nitrogens is 1. The smallest absolute Gasteiger partial charge is 0.409 e. The van der Waals surface area contributed by atoms with E-state index in [1.54, 1.807) is 39.0 Å². The Bertz CT molecular complexity index is 1100. The van der Waals surface area contributed by atoms with Crippen LogP contribution in [0, 0.1) is 11.7 Å². The van der Waals surface area contributed by atoms with Gasteiger partial charge in [0.2, 0.25) is 0 Å². The summed E-state index contributed by atoms with van der Waals surface area (Å²) in [5, 5.41) is 6.33. The Morgan fingerprint density at radius 3 is 2.42 bits per heavy atom. The number of carbonyl (C=O) groups is 2. The quantitative estimate of drug-likeness (QED) is 0.335. The summed E-state index contributed by atoms with van der Waals surface area (Å²) in [6.07, 6.45) is -0.537. The molecule has 176 valence electrons. The minimum absolute atomic E-state index is 0.0333. The third-order valence-electron chi connectivity index (χ3n) is 4.78. The zero-order valence-corrected chi connectivity index (χ0v) is 19.3. The van der Waals surface area contributed by atoms with Crippen molar-refractivity contribution in [3.8, 4) is 11.1 Å². The number of benzene rings is 2. The lowest BCUT2D eigenvalue weighted by molar-refractivity contribution is 0.0353. The summed E-state index contributed by atoms with van der Waals surface area (Å²) in [5.74, 6) is -0.449. The van der Waals surface area contributed by atoms with Crippen molar-refractivity contribution in [1.29, 1.82) is 0 Å². The lowest BCUT2D eigenvalue weighted by Crippen LogP contribution is -2.35. The molecular weight excluding hydrogens is 425 g/mol. The van der Waals surface area contributed by atoms with Gasteiger partial charge in [0, 0.05) is 17.4 Å². The molecule has 0 fully saturated rings. The van der Waals surface area contributed by atoms with Gasteiger partial charge in [0.25, 0.3) is 5.91 Å². The molecule has 3 N–H and O–H groups in total. The molecule has 0 saturated heterocycles. The van der Waals surface area contributed by atoms with Gasteiger partial charge in [-0.15, -0.1) is 0 Å². The molecule has 0 aliphatic rings. The van der Waals surface area contributed by atoms with Crippen LogP contribution in [0.25, 0.3) is 22.0 Å². The standard InChI is InChI=1S/C25H30FN3O4/c1-16(14-32-15-28-24(31)33-25(2,3)4)13-27-23(30)22-12-19-6-5-18(11-21(19)29-22)17-7-9-20(26)10-8-17/h5-12,16,29H,13-15H2,1-4H3,(H,27,30)(H,28,31)/t16-/m1/s1. The summed E-state index contributed by atoms with van der Waals surface area (Å²) >= 11 is 0. The van der Waals surface area contributed by atoms with Gasteiger partial charge in [-0.2, -0.15) is 0 Å². The number of hydrogen-bond donors (Lipinski definition) is 3. The van der Waals surface area contributed by atoms with Crippen LogP contribution in [0.1, 0.15) is 38.2 Å². The Morgan fingerprint density at radius 2 is 1.73 bits per heavy atom. The van der Waals surface area contributed by atoms with Gasteiger partial charge in [-0.3, -0.25) is 10.1 Å². The van der Waals surface area contributed by atoms with Crippen molar-refractivity contribution in [3.63, 3.8) is 0 Å². The number of carbonyl (C=O) groups excluding carboxylic acids is 2. The highest BCUT2D eigenvalue weighted by molar-refractivity contribution is 5.98. The number of amides is 2. The molecule has 2 amide bonds. The van der Waals surface area contributed by atoms with E-state index in [0.29, 0.717) is 18.8 Å². The van der Waals surface area contributed by atoms with Gasteiger partial charge in [-0.05, 0) is 62.1 Å². The van der Waals surface area contributed by atoms with Crippen LogP contribution in [0.2, 0.25) is 0 Å². The van der Waals surface area contributed by atoms with Gasteiger partial charge in [0.1, 0.15) is 23.8 Å². The Hall–Kier alpha value is -3.39. The molecule has 3 aromatic rings. The summed E-state index contributed by atoms with van der Waals surface area (Å²) in [6, 6.07) is 13.9. The highest BCUT2D eigenvalue weighted by atomic mass is 19.1. The number of rotatable bonds is 8. The van der Waals surface area contributed by atoms with E-state index in [1.165, 1.54) is 12.1 Å². The van der Waals surface area contributed by atoms with E-state index in [2.05, 4.69) is 15.6 Å². The summed E-state index contributed by atoms with van der Waals surface area (Å²) < 4.78 is 23.7. The second-order valence-corrected chi connectivity index (χ2v) is 9.00. The van der Waals surface area contributed by atoms with Crippen LogP contribution < -0.4 is 10.6 Å². The van der Waals surface area contributed by atoms with E-state index in [-0.39, 0.29) is 24.4 Å². The van der Waals surface area contributed by atoms with Gasteiger partial charge < -0.3 is 19.8 Å². The van der Waals surface area contributed by atoms with Gasteiger partial charge in [0.05, 0.1) is 6.61 Å². The Morgan fingerprint density at radius 1 is 1.03 bits per heavy atom. The number of ether oxygens (including phenoxy) is 2. The molecule has 1 aromatic heterocycles. The van der Waals surface area contributed by atoms with E-state index in [0.717, 1.165) is 22.0 Å². The molecule has 0 saturated carbocycles. The molecule has 7 nitrogen and oxygen atoms in total. The molecule has 0 aliphatic carbocycles. The molecular formula is C25H30FN3O4. The van der Waals surface area contributed by atoms with Crippen molar-refractivity contribution in [2.75, 3.05) is 19.9 Å². The minimum atomic E-state index is -0.563. The highest BCUT2D eigenvalue weighted by Gasteiger charge is 2.16. The van der Waals surface area contributed by atoms with E-state index >= 15 is 0 Å². The molecule has 0 radical (unpaired) electrons. The molecule has 2 aromatic carbocycles. The van der Waals surface area contributed by atoms with Crippen molar-refractivity contribution in [3.05, 3.63) is 60.0 Å². The average Bonchev–Trinajstić information content (AvgIpc) is 3.18. The summed E-state index contributed by atoms with van der Waals surface area (Å²) in [6.45, 7) is 8.12. The first kappa shape index (κ1) is 24.3. The lowest BCUT2D eigenvalue weighted by atomic mass is 10.0. The maximum Gasteiger partial charge on any atom is 0.409 e. The van der Waals surface area contributed by atoms with Crippen molar-refractivity contribution >= 4 is 22.9 Å². The van der Waals surface area contributed by atoms with Crippen LogP contribution in [-0.4, -0.2) is 42.5 Å². The van der Waals surface area contributed by atoms with Crippen LogP contribution >= 0.6 is 0 Å². The number of aromatic amines is 1. The van der Waals surface area contributed by atoms with Crippen molar-refractivity contribution in [2.24, 2.45) is 5.92 Å². The number of aromatic nitrogens is 1. The van der Waals surface area contributed by atoms with Gasteiger partial charge >= 0.3 is 6.09 Å². The van der Waals surface area contributed by atoms with Crippen LogP contribution in [-0.2, 0) is 9.47 Å². The largest absolute Gasteiger partial charge is 0.444 e. The predicted octanol–water partition coefficient (Wildman–Crippen LogP) is 4.84. The molecule has 0 aliphatic heterocycles. The first-order chi connectivity index (χ1) is 15.6. The Kier molecular flexibility index (Phi) is 7.71. The van der Waals surface area contributed by atoms with Crippen LogP contribution in [0.4, 0.5) is 9.18 Å². The van der Waals surface area contributed by atoms with Crippen LogP contribution in [0.3, 0.4) is 0 Å². The third-order valence-corrected chi connectivity index (χ3v) is 4.78. The zero-order chi connectivity index (χ0) is 24.0. The SMILES string of the molecule is C[C@H](CNC(=O)c1cc2ccc(-c3ccc(F)cc3)cc2[nH]1)COCNC(=O)OC(C)(C)C. The van der Waals surface area contributed by atoms with Crippen LogP contribution in [0.15, 0.2) is 48.5 Å². The topological polar surface area (TPSA) is 92.5 Å². The normalized spacial score (nSPS) is 12.4. The van der Waals surface area contributed by atoms with Gasteiger partial charge in [-0.25, -0.2) is 9.18 Å². The fraction of sp³-hybridized carbons (Fsp3) is 0.360. The van der Waals surface area contributed by atoms with Crippen LogP contribution in [0.5, 0.6) is 0 Å². The van der Waals surface area contributed by atoms with Crippen molar-refractivity contribution < 1.29 is 23.5 Å². The molecule has 1 heterocycles. The second kappa shape index (κ2) is 10.5. The molecule has 3 rings (SSSR count). The van der Waals surface area contributed by atoms with E-state index in [4.69, 9.17) is 9.47 Å². The zero-order valence-electron chi connectivity index (χ0n) is 19.3. The maximum absolute atomic E-state index is 13.2. The Balaban J connectivity index is 1.47. The number of nitrogens with one attached hydrogen (secondary N) is 3.